The number of hydrogen-bond acceptors (Lipinski definition) is 4. The molecule has 2 aromatic rings. The molecule has 2 N–H and O–H groups in total. The second kappa shape index (κ2) is 5.23. The first kappa shape index (κ1) is 15.7. The van der Waals surface area contributed by atoms with Crippen molar-refractivity contribution >= 4 is 10.0 Å². The molecule has 114 valence electrons. The molecule has 1 aromatic carbocycles. The molecule has 0 radical (unpaired) electrons. The Kier molecular flexibility index (Phi) is 3.90. The van der Waals surface area contributed by atoms with Crippen LogP contribution in [-0.4, -0.2) is 23.2 Å². The quantitative estimate of drug-likeness (QED) is 0.940. The van der Waals surface area contributed by atoms with Crippen LogP contribution in [-0.2, 0) is 10.0 Å². The number of sulfonamides is 1. The van der Waals surface area contributed by atoms with E-state index in [4.69, 9.17) is 5.14 Å². The van der Waals surface area contributed by atoms with Gasteiger partial charge in [-0.1, -0.05) is 17.7 Å². The maximum Gasteiger partial charge on any atom is 0.273 e. The van der Waals surface area contributed by atoms with Gasteiger partial charge in [0.15, 0.2) is 5.82 Å². The van der Waals surface area contributed by atoms with Crippen molar-refractivity contribution in [1.82, 2.24) is 14.8 Å². The normalized spacial score (nSPS) is 12.1. The van der Waals surface area contributed by atoms with E-state index in [2.05, 4.69) is 10.2 Å². The number of rotatable bonds is 3. The predicted octanol–water partition coefficient (Wildman–Crippen LogP) is 2.10. The van der Waals surface area contributed by atoms with Gasteiger partial charge in [-0.25, -0.2) is 13.6 Å². The van der Waals surface area contributed by atoms with Crippen LogP contribution < -0.4 is 5.14 Å². The van der Waals surface area contributed by atoms with E-state index in [9.17, 15) is 8.42 Å². The Morgan fingerprint density at radius 2 is 1.62 bits per heavy atom. The molecule has 1 aromatic heterocycles. The van der Waals surface area contributed by atoms with Crippen LogP contribution >= 0.6 is 0 Å². The Morgan fingerprint density at radius 3 is 2.05 bits per heavy atom. The molecule has 6 nitrogen and oxygen atoms in total. The van der Waals surface area contributed by atoms with E-state index in [1.54, 1.807) is 4.57 Å². The number of nitrogens with zero attached hydrogens (tertiary/aromatic N) is 3. The minimum absolute atomic E-state index is 0.122. The Hall–Kier alpha value is -1.73. The van der Waals surface area contributed by atoms with Crippen LogP contribution in [0, 0.1) is 20.8 Å². The third-order valence-electron chi connectivity index (χ3n) is 3.34. The van der Waals surface area contributed by atoms with Crippen molar-refractivity contribution in [3.8, 4) is 11.4 Å². The summed E-state index contributed by atoms with van der Waals surface area (Å²) < 4.78 is 24.9. The van der Waals surface area contributed by atoms with Crippen LogP contribution in [0.4, 0.5) is 0 Å². The summed E-state index contributed by atoms with van der Waals surface area (Å²) in [4.78, 5) is 0. The van der Waals surface area contributed by atoms with E-state index in [1.807, 2.05) is 46.8 Å². The summed E-state index contributed by atoms with van der Waals surface area (Å²) in [5, 5.41) is 12.9. The SMILES string of the molecule is Cc1cc(C)c(-c2nnc(S(N)(=O)=O)n2C(C)C)c(C)c1. The molecule has 0 spiro atoms. The summed E-state index contributed by atoms with van der Waals surface area (Å²) in [7, 11) is -3.91. The molecule has 0 saturated heterocycles. The van der Waals surface area contributed by atoms with Gasteiger partial charge >= 0.3 is 0 Å². The van der Waals surface area contributed by atoms with E-state index in [0.29, 0.717) is 5.82 Å². The number of aryl methyl sites for hydroxylation is 3. The first-order valence-corrected chi connectivity index (χ1v) is 8.23. The van der Waals surface area contributed by atoms with Crippen LogP contribution in [0.2, 0.25) is 0 Å². The molecular weight excluding hydrogens is 288 g/mol. The lowest BCUT2D eigenvalue weighted by molar-refractivity contribution is 0.524. The van der Waals surface area contributed by atoms with Gasteiger partial charge in [0.2, 0.25) is 0 Å². The van der Waals surface area contributed by atoms with E-state index in [1.165, 1.54) is 0 Å². The molecule has 0 bridgehead atoms. The highest BCUT2D eigenvalue weighted by Gasteiger charge is 2.25. The van der Waals surface area contributed by atoms with E-state index in [-0.39, 0.29) is 11.2 Å². The molecule has 0 unspecified atom stereocenters. The molecule has 7 heteroatoms. The van der Waals surface area contributed by atoms with Crippen molar-refractivity contribution in [2.45, 2.75) is 45.8 Å². The largest absolute Gasteiger partial charge is 0.294 e. The van der Waals surface area contributed by atoms with Gasteiger partial charge in [0.1, 0.15) is 0 Å². The zero-order valence-corrected chi connectivity index (χ0v) is 13.7. The smallest absolute Gasteiger partial charge is 0.273 e. The van der Waals surface area contributed by atoms with Crippen LogP contribution in [0.5, 0.6) is 0 Å². The average molecular weight is 308 g/mol. The summed E-state index contributed by atoms with van der Waals surface area (Å²) in [6, 6.07) is 3.96. The highest BCUT2D eigenvalue weighted by Crippen LogP contribution is 2.30. The summed E-state index contributed by atoms with van der Waals surface area (Å²) in [5.41, 5.74) is 4.11. The zero-order chi connectivity index (χ0) is 15.9. The fourth-order valence-corrected chi connectivity index (χ4v) is 3.37. The Morgan fingerprint density at radius 1 is 1.10 bits per heavy atom. The van der Waals surface area contributed by atoms with Crippen molar-refractivity contribution in [3.63, 3.8) is 0 Å². The second-order valence-electron chi connectivity index (χ2n) is 5.59. The van der Waals surface area contributed by atoms with Crippen LogP contribution in [0.1, 0.15) is 36.6 Å². The Bertz CT molecular complexity index is 768. The Labute approximate surface area is 125 Å². The molecular formula is C14H20N4O2S. The van der Waals surface area contributed by atoms with Crippen LogP contribution in [0.25, 0.3) is 11.4 Å². The van der Waals surface area contributed by atoms with Crippen molar-refractivity contribution < 1.29 is 8.42 Å². The molecule has 0 fully saturated rings. The topological polar surface area (TPSA) is 90.9 Å². The molecule has 1 heterocycles. The maximum atomic E-state index is 11.7. The van der Waals surface area contributed by atoms with E-state index in [0.717, 1.165) is 22.3 Å². The van der Waals surface area contributed by atoms with Crippen LogP contribution in [0.3, 0.4) is 0 Å². The monoisotopic (exact) mass is 308 g/mol. The van der Waals surface area contributed by atoms with Crippen molar-refractivity contribution in [1.29, 1.82) is 0 Å². The van der Waals surface area contributed by atoms with Gasteiger partial charge in [0.05, 0.1) is 0 Å². The molecule has 0 atom stereocenters. The van der Waals surface area contributed by atoms with Crippen molar-refractivity contribution in [3.05, 3.63) is 28.8 Å². The molecule has 0 aliphatic carbocycles. The lowest BCUT2D eigenvalue weighted by atomic mass is 9.99. The Balaban J connectivity index is 2.81. The second-order valence-corrected chi connectivity index (χ2v) is 7.04. The predicted molar refractivity (Wildman–Crippen MR) is 81.4 cm³/mol. The number of aromatic nitrogens is 3. The number of benzene rings is 1. The van der Waals surface area contributed by atoms with Crippen LogP contribution in [0.15, 0.2) is 17.3 Å². The molecule has 2 rings (SSSR count). The third kappa shape index (κ3) is 2.84. The molecule has 0 amide bonds. The minimum Gasteiger partial charge on any atom is -0.294 e. The molecule has 0 saturated carbocycles. The zero-order valence-electron chi connectivity index (χ0n) is 12.9. The van der Waals surface area contributed by atoms with Gasteiger partial charge < -0.3 is 0 Å². The number of primary sulfonamides is 1. The van der Waals surface area contributed by atoms with E-state index >= 15 is 0 Å². The third-order valence-corrected chi connectivity index (χ3v) is 4.12. The van der Waals surface area contributed by atoms with Gasteiger partial charge in [0.25, 0.3) is 15.2 Å². The number of hydrogen-bond donors (Lipinski definition) is 1. The average Bonchev–Trinajstić information content (AvgIpc) is 2.71. The lowest BCUT2D eigenvalue weighted by Gasteiger charge is -2.16. The van der Waals surface area contributed by atoms with Gasteiger partial charge in [-0.3, -0.25) is 4.57 Å². The molecule has 0 aliphatic heterocycles. The standard InChI is InChI=1S/C14H20N4O2S/c1-8(2)18-13(16-17-14(18)21(15,19)20)12-10(4)6-9(3)7-11(12)5/h6-8H,1-5H3,(H2,15,19,20). The fraction of sp³-hybridized carbons (Fsp3) is 0.429. The highest BCUT2D eigenvalue weighted by atomic mass is 32.2. The first-order valence-electron chi connectivity index (χ1n) is 6.69. The van der Waals surface area contributed by atoms with Crippen molar-refractivity contribution in [2.75, 3.05) is 0 Å². The fourth-order valence-electron chi connectivity index (χ4n) is 2.64. The van der Waals surface area contributed by atoms with E-state index < -0.39 is 10.0 Å². The van der Waals surface area contributed by atoms with Gasteiger partial charge in [0, 0.05) is 11.6 Å². The summed E-state index contributed by atoms with van der Waals surface area (Å²) in [6.07, 6.45) is 0. The molecule has 0 aliphatic rings. The minimum atomic E-state index is -3.91. The highest BCUT2D eigenvalue weighted by molar-refractivity contribution is 7.89. The van der Waals surface area contributed by atoms with Gasteiger partial charge in [-0.2, -0.15) is 0 Å². The van der Waals surface area contributed by atoms with Gasteiger partial charge in [-0.15, -0.1) is 10.2 Å². The van der Waals surface area contributed by atoms with Crippen molar-refractivity contribution in [2.24, 2.45) is 5.14 Å². The summed E-state index contributed by atoms with van der Waals surface area (Å²) >= 11 is 0. The number of nitrogens with two attached hydrogens (primary N) is 1. The first-order chi connectivity index (χ1) is 9.62. The summed E-state index contributed by atoms with van der Waals surface area (Å²) in [5.74, 6) is 0.532. The van der Waals surface area contributed by atoms with Gasteiger partial charge in [-0.05, 0) is 45.7 Å². The summed E-state index contributed by atoms with van der Waals surface area (Å²) in [6.45, 7) is 9.73. The molecule has 21 heavy (non-hydrogen) atoms. The lowest BCUT2D eigenvalue weighted by Crippen LogP contribution is -2.20. The maximum absolute atomic E-state index is 11.7.